The zero-order valence-corrected chi connectivity index (χ0v) is 14.2. The molecule has 0 bridgehead atoms. The highest BCUT2D eigenvalue weighted by Gasteiger charge is 2.12. The fourth-order valence-corrected chi connectivity index (χ4v) is 3.11. The molecule has 126 valence electrons. The molecule has 0 spiro atoms. The van der Waals surface area contributed by atoms with Crippen molar-refractivity contribution in [1.29, 1.82) is 0 Å². The van der Waals surface area contributed by atoms with Crippen LogP contribution in [-0.4, -0.2) is 25.5 Å². The quantitative estimate of drug-likeness (QED) is 0.603. The summed E-state index contributed by atoms with van der Waals surface area (Å²) in [5.74, 6) is -0.203. The van der Waals surface area contributed by atoms with Crippen LogP contribution in [0.3, 0.4) is 0 Å². The van der Waals surface area contributed by atoms with E-state index in [-0.39, 0.29) is 5.91 Å². The van der Waals surface area contributed by atoms with Gasteiger partial charge in [0.2, 0.25) is 0 Å². The molecule has 0 fully saturated rings. The second-order valence-electron chi connectivity index (χ2n) is 6.10. The number of nitrogens with one attached hydrogen (secondary N) is 2. The number of H-pyrrole nitrogens is 1. The summed E-state index contributed by atoms with van der Waals surface area (Å²) in [6.45, 7) is 4.73. The molecule has 0 saturated heterocycles. The first kappa shape index (κ1) is 15.4. The van der Waals surface area contributed by atoms with Crippen molar-refractivity contribution < 1.29 is 4.79 Å². The third kappa shape index (κ3) is 2.76. The molecule has 25 heavy (non-hydrogen) atoms. The van der Waals surface area contributed by atoms with E-state index in [0.29, 0.717) is 17.9 Å². The van der Waals surface area contributed by atoms with Gasteiger partial charge in [0, 0.05) is 41.6 Å². The molecule has 2 N–H and O–H groups in total. The summed E-state index contributed by atoms with van der Waals surface area (Å²) in [6, 6.07) is 9.69. The number of aryl methyl sites for hydroxylation is 2. The third-order valence-corrected chi connectivity index (χ3v) is 4.50. The lowest BCUT2D eigenvalue weighted by molar-refractivity contribution is 0.0945. The number of fused-ring (bicyclic) bond motifs is 2. The lowest BCUT2D eigenvalue weighted by atomic mass is 10.1. The van der Waals surface area contributed by atoms with Crippen LogP contribution in [0.5, 0.6) is 0 Å². The highest BCUT2D eigenvalue weighted by molar-refractivity contribution is 5.93. The van der Waals surface area contributed by atoms with Crippen LogP contribution in [0.2, 0.25) is 0 Å². The van der Waals surface area contributed by atoms with Gasteiger partial charge in [-0.05, 0) is 42.7 Å². The Morgan fingerprint density at radius 2 is 2.20 bits per heavy atom. The van der Waals surface area contributed by atoms with Crippen LogP contribution >= 0.6 is 0 Å². The monoisotopic (exact) mass is 333 g/mol. The minimum Gasteiger partial charge on any atom is -0.358 e. The summed E-state index contributed by atoms with van der Waals surface area (Å²) in [4.78, 5) is 20.0. The van der Waals surface area contributed by atoms with Gasteiger partial charge >= 0.3 is 0 Å². The Labute approximate surface area is 144 Å². The van der Waals surface area contributed by atoms with Crippen LogP contribution in [0, 0.1) is 6.92 Å². The minimum absolute atomic E-state index is 0.203. The molecule has 0 aliphatic heterocycles. The number of aromatic nitrogens is 4. The summed E-state index contributed by atoms with van der Waals surface area (Å²) < 4.78 is 1.59. The second-order valence-corrected chi connectivity index (χ2v) is 6.10. The molecule has 6 nitrogen and oxygen atoms in total. The summed E-state index contributed by atoms with van der Waals surface area (Å²) in [7, 11) is 0. The van der Waals surface area contributed by atoms with Crippen LogP contribution in [-0.2, 0) is 13.0 Å². The van der Waals surface area contributed by atoms with E-state index < -0.39 is 0 Å². The van der Waals surface area contributed by atoms with Gasteiger partial charge in [0.25, 0.3) is 5.91 Å². The summed E-state index contributed by atoms with van der Waals surface area (Å²) in [5, 5.41) is 8.38. The van der Waals surface area contributed by atoms with Gasteiger partial charge in [0.15, 0.2) is 11.3 Å². The zero-order chi connectivity index (χ0) is 17.4. The molecule has 1 amide bonds. The third-order valence-electron chi connectivity index (χ3n) is 4.50. The lowest BCUT2D eigenvalue weighted by Gasteiger charge is -2.04. The molecule has 4 rings (SSSR count). The van der Waals surface area contributed by atoms with Crippen molar-refractivity contribution in [3.63, 3.8) is 0 Å². The molecule has 3 aromatic heterocycles. The molecule has 0 unspecified atom stereocenters. The predicted octanol–water partition coefficient (Wildman–Crippen LogP) is 3.01. The van der Waals surface area contributed by atoms with E-state index >= 15 is 0 Å². The van der Waals surface area contributed by atoms with E-state index in [0.717, 1.165) is 17.5 Å². The van der Waals surface area contributed by atoms with Crippen molar-refractivity contribution in [2.24, 2.45) is 0 Å². The van der Waals surface area contributed by atoms with E-state index in [2.05, 4.69) is 46.4 Å². The molecule has 0 radical (unpaired) electrons. The number of hydrogen-bond donors (Lipinski definition) is 2. The number of nitrogens with zero attached hydrogens (tertiary/aromatic N) is 3. The maximum absolute atomic E-state index is 12.3. The molecule has 0 saturated carbocycles. The van der Waals surface area contributed by atoms with Crippen molar-refractivity contribution in [3.05, 3.63) is 65.2 Å². The van der Waals surface area contributed by atoms with Gasteiger partial charge in [-0.25, -0.2) is 9.50 Å². The number of rotatable bonds is 4. The number of amides is 1. The van der Waals surface area contributed by atoms with Crippen LogP contribution in [0.25, 0.3) is 16.6 Å². The standard InChI is InChI=1S/C19H19N5O/c1-3-15-12(2)14-9-13(5-6-16(14)22-15)11-21-19(25)17-10-18-20-7-4-8-24(18)23-17/h4-10,22H,3,11H2,1-2H3,(H,21,25). The number of hydrogen-bond acceptors (Lipinski definition) is 3. The first-order valence-electron chi connectivity index (χ1n) is 8.34. The fraction of sp³-hybridized carbons (Fsp3) is 0.211. The van der Waals surface area contributed by atoms with Crippen LogP contribution in [0.15, 0.2) is 42.7 Å². The fourth-order valence-electron chi connectivity index (χ4n) is 3.11. The van der Waals surface area contributed by atoms with Crippen LogP contribution in [0.1, 0.15) is 34.2 Å². The Bertz CT molecular complexity index is 1040. The van der Waals surface area contributed by atoms with Gasteiger partial charge in [-0.15, -0.1) is 0 Å². The molecule has 0 aliphatic carbocycles. The molecular formula is C19H19N5O. The highest BCUT2D eigenvalue weighted by atomic mass is 16.1. The van der Waals surface area contributed by atoms with Gasteiger partial charge in [-0.3, -0.25) is 4.79 Å². The number of carbonyl (C=O) groups excluding carboxylic acids is 1. The molecule has 6 heteroatoms. The van der Waals surface area contributed by atoms with Gasteiger partial charge < -0.3 is 10.3 Å². The van der Waals surface area contributed by atoms with Crippen LogP contribution < -0.4 is 5.32 Å². The normalized spacial score (nSPS) is 11.3. The number of carbonyl (C=O) groups is 1. The number of aromatic amines is 1. The maximum atomic E-state index is 12.3. The summed E-state index contributed by atoms with van der Waals surface area (Å²) in [5.41, 5.74) is 5.75. The van der Waals surface area contributed by atoms with E-state index in [1.165, 1.54) is 16.6 Å². The number of benzene rings is 1. The van der Waals surface area contributed by atoms with Crippen LogP contribution in [0.4, 0.5) is 0 Å². The minimum atomic E-state index is -0.203. The van der Waals surface area contributed by atoms with E-state index in [1.807, 2.05) is 6.07 Å². The molecule has 4 aromatic rings. The molecule has 3 heterocycles. The molecule has 0 aliphatic rings. The second kappa shape index (κ2) is 6.05. The molecule has 0 atom stereocenters. The van der Waals surface area contributed by atoms with Gasteiger partial charge in [-0.2, -0.15) is 5.10 Å². The Morgan fingerprint density at radius 3 is 3.00 bits per heavy atom. The smallest absolute Gasteiger partial charge is 0.272 e. The average Bonchev–Trinajstić information content (AvgIpc) is 3.21. The van der Waals surface area contributed by atoms with Gasteiger partial charge in [-0.1, -0.05) is 13.0 Å². The first-order valence-corrected chi connectivity index (χ1v) is 8.34. The Morgan fingerprint density at radius 1 is 1.32 bits per heavy atom. The SMILES string of the molecule is CCc1[nH]c2ccc(CNC(=O)c3cc4ncccn4n3)cc2c1C. The van der Waals surface area contributed by atoms with Crippen molar-refractivity contribution in [2.45, 2.75) is 26.8 Å². The van der Waals surface area contributed by atoms with Crippen molar-refractivity contribution in [3.8, 4) is 0 Å². The van der Waals surface area contributed by atoms with Crippen molar-refractivity contribution in [1.82, 2.24) is 24.9 Å². The molecule has 1 aromatic carbocycles. The summed E-state index contributed by atoms with van der Waals surface area (Å²) >= 11 is 0. The lowest BCUT2D eigenvalue weighted by Crippen LogP contribution is -2.23. The largest absolute Gasteiger partial charge is 0.358 e. The van der Waals surface area contributed by atoms with Gasteiger partial charge in [0.1, 0.15) is 0 Å². The van der Waals surface area contributed by atoms with Gasteiger partial charge in [0.05, 0.1) is 0 Å². The highest BCUT2D eigenvalue weighted by Crippen LogP contribution is 2.23. The van der Waals surface area contributed by atoms with Crippen molar-refractivity contribution >= 4 is 22.5 Å². The zero-order valence-electron chi connectivity index (χ0n) is 14.2. The topological polar surface area (TPSA) is 75.1 Å². The Balaban J connectivity index is 1.53. The van der Waals surface area contributed by atoms with Crippen molar-refractivity contribution in [2.75, 3.05) is 0 Å². The Hall–Kier alpha value is -3.15. The van der Waals surface area contributed by atoms with E-state index in [9.17, 15) is 4.79 Å². The predicted molar refractivity (Wildman–Crippen MR) is 96.6 cm³/mol. The maximum Gasteiger partial charge on any atom is 0.272 e. The van der Waals surface area contributed by atoms with E-state index in [4.69, 9.17) is 0 Å². The average molecular weight is 333 g/mol. The van der Waals surface area contributed by atoms with E-state index in [1.54, 1.807) is 29.0 Å². The first-order chi connectivity index (χ1) is 12.2. The summed E-state index contributed by atoms with van der Waals surface area (Å²) in [6.07, 6.45) is 4.43. The Kier molecular flexibility index (Phi) is 3.72. The molecular weight excluding hydrogens is 314 g/mol.